The molecular formula is C11H13FO5S. The largest absolute Gasteiger partial charge is 0.481 e. The number of carboxylic acids is 1. The zero-order valence-electron chi connectivity index (χ0n) is 9.72. The van der Waals surface area contributed by atoms with Crippen LogP contribution in [0.1, 0.15) is 5.56 Å². The number of carboxylic acid groups (broad SMARTS) is 1. The topological polar surface area (TPSA) is 80.7 Å². The molecule has 7 heteroatoms. The molecule has 0 aliphatic heterocycles. The smallest absolute Gasteiger partial charge is 0.307 e. The van der Waals surface area contributed by atoms with E-state index in [1.54, 1.807) is 0 Å². The fourth-order valence-corrected chi connectivity index (χ4v) is 2.52. The van der Waals surface area contributed by atoms with Crippen molar-refractivity contribution < 1.29 is 27.4 Å². The van der Waals surface area contributed by atoms with E-state index < -0.39 is 28.0 Å². The van der Waals surface area contributed by atoms with Crippen molar-refractivity contribution in [3.8, 4) is 0 Å². The Labute approximate surface area is 104 Å². The number of aliphatic carboxylic acids is 1. The Balaban J connectivity index is 3.00. The highest BCUT2D eigenvalue weighted by Gasteiger charge is 2.17. The number of hydrogen-bond donors (Lipinski definition) is 1. The maximum Gasteiger partial charge on any atom is 0.307 e. The molecule has 0 amide bonds. The normalized spacial score (nSPS) is 11.4. The lowest BCUT2D eigenvalue weighted by Gasteiger charge is -2.06. The van der Waals surface area contributed by atoms with E-state index in [2.05, 4.69) is 4.74 Å². The first-order valence-electron chi connectivity index (χ1n) is 5.08. The third-order valence-electron chi connectivity index (χ3n) is 2.28. The van der Waals surface area contributed by atoms with Crippen LogP contribution in [0, 0.1) is 5.82 Å². The summed E-state index contributed by atoms with van der Waals surface area (Å²) in [5.74, 6) is -2.26. The van der Waals surface area contributed by atoms with Crippen molar-refractivity contribution >= 4 is 15.8 Å². The quantitative estimate of drug-likeness (QED) is 0.834. The number of carbonyl (C=O) groups is 1. The first-order valence-corrected chi connectivity index (χ1v) is 6.74. The second kappa shape index (κ2) is 5.92. The predicted molar refractivity (Wildman–Crippen MR) is 61.7 cm³/mol. The van der Waals surface area contributed by atoms with Gasteiger partial charge >= 0.3 is 5.97 Å². The number of halogens is 1. The van der Waals surface area contributed by atoms with Crippen LogP contribution >= 0.6 is 0 Å². The molecule has 0 radical (unpaired) electrons. The monoisotopic (exact) mass is 276 g/mol. The molecule has 1 rings (SSSR count). The highest BCUT2D eigenvalue weighted by Crippen LogP contribution is 2.16. The van der Waals surface area contributed by atoms with Gasteiger partial charge in [-0.25, -0.2) is 12.8 Å². The van der Waals surface area contributed by atoms with Crippen LogP contribution in [-0.4, -0.2) is 39.0 Å². The number of methoxy groups -OCH3 is 1. The SMILES string of the molecule is COCCS(=O)(=O)c1ccc(CC(=O)O)c(F)c1. The van der Waals surface area contributed by atoms with Gasteiger partial charge in [0.1, 0.15) is 5.82 Å². The maximum atomic E-state index is 13.5. The molecular weight excluding hydrogens is 263 g/mol. The lowest BCUT2D eigenvalue weighted by molar-refractivity contribution is -0.136. The van der Waals surface area contributed by atoms with Gasteiger partial charge in [-0.1, -0.05) is 6.07 Å². The molecule has 0 saturated heterocycles. The third-order valence-corrected chi connectivity index (χ3v) is 3.96. The summed E-state index contributed by atoms with van der Waals surface area (Å²) < 4.78 is 41.6. The molecule has 1 aromatic rings. The van der Waals surface area contributed by atoms with Crippen LogP contribution in [0.4, 0.5) is 4.39 Å². The highest BCUT2D eigenvalue weighted by atomic mass is 32.2. The van der Waals surface area contributed by atoms with Gasteiger partial charge in [0.15, 0.2) is 9.84 Å². The van der Waals surface area contributed by atoms with Crippen LogP contribution in [-0.2, 0) is 25.8 Å². The van der Waals surface area contributed by atoms with Crippen molar-refractivity contribution in [1.29, 1.82) is 0 Å². The standard InChI is InChI=1S/C11H13FO5S/c1-17-4-5-18(15,16)9-3-2-8(6-11(13)14)10(12)7-9/h2-3,7H,4-6H2,1H3,(H,13,14). The minimum absolute atomic E-state index is 0.0147. The Morgan fingerprint density at radius 1 is 1.44 bits per heavy atom. The van der Waals surface area contributed by atoms with Crippen LogP contribution in [0.2, 0.25) is 0 Å². The number of rotatable bonds is 6. The van der Waals surface area contributed by atoms with Gasteiger partial charge in [-0.3, -0.25) is 4.79 Å². The molecule has 0 aliphatic rings. The molecule has 0 bridgehead atoms. The first kappa shape index (κ1) is 14.6. The van der Waals surface area contributed by atoms with Crippen LogP contribution in [0.5, 0.6) is 0 Å². The summed E-state index contributed by atoms with van der Waals surface area (Å²) in [6, 6.07) is 3.21. The van der Waals surface area contributed by atoms with Gasteiger partial charge in [-0.15, -0.1) is 0 Å². The Bertz CT molecular complexity index is 538. The van der Waals surface area contributed by atoms with E-state index in [1.807, 2.05) is 0 Å². The van der Waals surface area contributed by atoms with Crippen LogP contribution < -0.4 is 0 Å². The fourth-order valence-electron chi connectivity index (χ4n) is 1.34. The van der Waals surface area contributed by atoms with Crippen molar-refractivity contribution in [2.75, 3.05) is 19.5 Å². The van der Waals surface area contributed by atoms with E-state index in [0.29, 0.717) is 0 Å². The summed E-state index contributed by atoms with van der Waals surface area (Å²) in [7, 11) is -2.24. The van der Waals surface area contributed by atoms with Gasteiger partial charge in [-0.05, 0) is 17.7 Å². The van der Waals surface area contributed by atoms with Crippen molar-refractivity contribution in [3.63, 3.8) is 0 Å². The number of sulfone groups is 1. The summed E-state index contributed by atoms with van der Waals surface area (Å²) in [4.78, 5) is 10.3. The van der Waals surface area contributed by atoms with E-state index >= 15 is 0 Å². The van der Waals surface area contributed by atoms with E-state index in [1.165, 1.54) is 19.2 Å². The van der Waals surface area contributed by atoms with Gasteiger partial charge < -0.3 is 9.84 Å². The molecule has 1 aromatic carbocycles. The second-order valence-corrected chi connectivity index (χ2v) is 5.74. The Hall–Kier alpha value is -1.47. The Morgan fingerprint density at radius 3 is 2.61 bits per heavy atom. The maximum absolute atomic E-state index is 13.5. The molecule has 0 aromatic heterocycles. The van der Waals surface area contributed by atoms with Gasteiger partial charge in [0.2, 0.25) is 0 Å². The van der Waals surface area contributed by atoms with Crippen molar-refractivity contribution in [2.45, 2.75) is 11.3 Å². The van der Waals surface area contributed by atoms with E-state index in [0.717, 1.165) is 6.07 Å². The van der Waals surface area contributed by atoms with Crippen LogP contribution in [0.15, 0.2) is 23.1 Å². The minimum atomic E-state index is -3.60. The summed E-state index contributed by atoms with van der Waals surface area (Å²) in [5.41, 5.74) is -0.0480. The van der Waals surface area contributed by atoms with Crippen LogP contribution in [0.25, 0.3) is 0 Å². The molecule has 0 aliphatic carbocycles. The van der Waals surface area contributed by atoms with Gasteiger partial charge in [0, 0.05) is 7.11 Å². The molecule has 5 nitrogen and oxygen atoms in total. The molecule has 18 heavy (non-hydrogen) atoms. The molecule has 0 atom stereocenters. The molecule has 0 heterocycles. The Kier molecular flexibility index (Phi) is 4.80. The van der Waals surface area contributed by atoms with E-state index in [-0.39, 0.29) is 22.8 Å². The zero-order valence-corrected chi connectivity index (χ0v) is 10.5. The summed E-state index contributed by atoms with van der Waals surface area (Å²) in [6.45, 7) is 0.0147. The molecule has 0 spiro atoms. The number of benzene rings is 1. The molecule has 0 unspecified atom stereocenters. The average molecular weight is 276 g/mol. The minimum Gasteiger partial charge on any atom is -0.481 e. The third kappa shape index (κ3) is 3.78. The molecule has 100 valence electrons. The fraction of sp³-hybridized carbons (Fsp3) is 0.364. The van der Waals surface area contributed by atoms with Crippen molar-refractivity contribution in [2.24, 2.45) is 0 Å². The zero-order chi connectivity index (χ0) is 13.8. The molecule has 1 N–H and O–H groups in total. The van der Waals surface area contributed by atoms with Crippen molar-refractivity contribution in [3.05, 3.63) is 29.6 Å². The lowest BCUT2D eigenvalue weighted by atomic mass is 10.1. The van der Waals surface area contributed by atoms with Gasteiger partial charge in [0.25, 0.3) is 0 Å². The first-order chi connectivity index (χ1) is 8.36. The molecule has 0 saturated carbocycles. The van der Waals surface area contributed by atoms with Crippen molar-refractivity contribution in [1.82, 2.24) is 0 Å². The number of ether oxygens (including phenoxy) is 1. The summed E-state index contributed by atoms with van der Waals surface area (Å²) in [5, 5.41) is 8.54. The average Bonchev–Trinajstić information content (AvgIpc) is 2.28. The lowest BCUT2D eigenvalue weighted by Crippen LogP contribution is -2.12. The molecule has 0 fully saturated rings. The van der Waals surface area contributed by atoms with Gasteiger partial charge in [0.05, 0.1) is 23.7 Å². The van der Waals surface area contributed by atoms with E-state index in [4.69, 9.17) is 5.11 Å². The van der Waals surface area contributed by atoms with Crippen LogP contribution in [0.3, 0.4) is 0 Å². The summed E-state index contributed by atoms with van der Waals surface area (Å²) in [6.07, 6.45) is -0.482. The predicted octanol–water partition coefficient (Wildman–Crippen LogP) is 0.873. The van der Waals surface area contributed by atoms with E-state index in [9.17, 15) is 17.6 Å². The summed E-state index contributed by atoms with van der Waals surface area (Å²) >= 11 is 0. The Morgan fingerprint density at radius 2 is 2.11 bits per heavy atom. The highest BCUT2D eigenvalue weighted by molar-refractivity contribution is 7.91. The van der Waals surface area contributed by atoms with Gasteiger partial charge in [-0.2, -0.15) is 0 Å². The number of hydrogen-bond acceptors (Lipinski definition) is 4. The second-order valence-electron chi connectivity index (χ2n) is 3.64.